The first-order valence-electron chi connectivity index (χ1n) is 16.6. The van der Waals surface area contributed by atoms with Gasteiger partial charge in [-0.3, -0.25) is 0 Å². The molecule has 0 aliphatic heterocycles. The molecule has 0 radical (unpaired) electrons. The summed E-state index contributed by atoms with van der Waals surface area (Å²) in [6.07, 6.45) is 22.8. The molecule has 39 heavy (non-hydrogen) atoms. The van der Waals surface area contributed by atoms with Gasteiger partial charge in [0.1, 0.15) is 6.61 Å². The maximum absolute atomic E-state index is 6.50. The van der Waals surface area contributed by atoms with Gasteiger partial charge in [-0.05, 0) is 97.7 Å². The molecule has 0 unspecified atom stereocenters. The van der Waals surface area contributed by atoms with Gasteiger partial charge in [0.15, 0.2) is 18.9 Å². The average Bonchev–Trinajstić information content (AvgIpc) is 3.26. The number of pyridine rings is 1. The van der Waals surface area contributed by atoms with E-state index in [1.807, 2.05) is 0 Å². The number of nitrogens with zero attached hydrogens (tertiary/aromatic N) is 2. The third-order valence-electron chi connectivity index (χ3n) is 12.4. The second-order valence-electron chi connectivity index (χ2n) is 15.2. The highest BCUT2D eigenvalue weighted by Gasteiger charge is 2.59. The Morgan fingerprint density at radius 3 is 2.46 bits per heavy atom. The third kappa shape index (κ3) is 5.86. The van der Waals surface area contributed by atoms with E-state index in [4.69, 9.17) is 4.74 Å². The van der Waals surface area contributed by atoms with Crippen molar-refractivity contribution in [3.8, 4) is 0 Å². The van der Waals surface area contributed by atoms with Crippen molar-refractivity contribution in [1.82, 2.24) is 0 Å². The normalized spacial score (nSPS) is 36.6. The second kappa shape index (κ2) is 11.9. The van der Waals surface area contributed by atoms with E-state index in [1.54, 1.807) is 5.57 Å². The minimum Gasteiger partial charge on any atom is -0.377 e. The lowest BCUT2D eigenvalue weighted by Gasteiger charge is -2.58. The van der Waals surface area contributed by atoms with Crippen LogP contribution in [-0.2, 0) is 11.3 Å². The van der Waals surface area contributed by atoms with Gasteiger partial charge in [-0.15, -0.1) is 0 Å². The first kappa shape index (κ1) is 29.2. The predicted octanol–water partition coefficient (Wildman–Crippen LogP) is 8.47. The van der Waals surface area contributed by atoms with Gasteiger partial charge in [0, 0.05) is 31.9 Å². The highest BCUT2D eigenvalue weighted by molar-refractivity contribution is 5.41. The van der Waals surface area contributed by atoms with Crippen molar-refractivity contribution < 1.29 is 9.30 Å². The Labute approximate surface area is 240 Å². The third-order valence-corrected chi connectivity index (χ3v) is 12.4. The van der Waals surface area contributed by atoms with Gasteiger partial charge in [-0.25, -0.2) is 4.57 Å². The highest BCUT2D eigenvalue weighted by Crippen LogP contribution is 2.67. The Kier molecular flexibility index (Phi) is 8.87. The van der Waals surface area contributed by atoms with E-state index in [0.717, 1.165) is 48.7 Å². The maximum atomic E-state index is 6.50. The number of fused-ring (bicyclic) bond motifs is 5. The van der Waals surface area contributed by atoms with E-state index >= 15 is 0 Å². The van der Waals surface area contributed by atoms with E-state index < -0.39 is 0 Å². The number of allylic oxidation sites excluding steroid dienone is 1. The van der Waals surface area contributed by atoms with Crippen LogP contribution in [0.2, 0.25) is 0 Å². The molecule has 3 heteroatoms. The molecule has 0 amide bonds. The number of aromatic nitrogens is 1. The van der Waals surface area contributed by atoms with Gasteiger partial charge in [-0.2, -0.15) is 0 Å². The summed E-state index contributed by atoms with van der Waals surface area (Å²) in [4.78, 5) is 2.15. The van der Waals surface area contributed by atoms with Crippen LogP contribution >= 0.6 is 0 Å². The maximum Gasteiger partial charge on any atom is 0.171 e. The Morgan fingerprint density at radius 2 is 1.74 bits per heavy atom. The molecular formula is C36H59N2O+. The molecule has 0 saturated heterocycles. The minimum atomic E-state index is 0.402. The van der Waals surface area contributed by atoms with Gasteiger partial charge in [0.2, 0.25) is 0 Å². The summed E-state index contributed by atoms with van der Waals surface area (Å²) < 4.78 is 8.75. The van der Waals surface area contributed by atoms with Gasteiger partial charge in [-0.1, -0.05) is 65.5 Å². The van der Waals surface area contributed by atoms with Gasteiger partial charge in [0.25, 0.3) is 0 Å². The molecule has 3 fully saturated rings. The molecule has 218 valence electrons. The predicted molar refractivity (Wildman–Crippen MR) is 164 cm³/mol. The van der Waals surface area contributed by atoms with Gasteiger partial charge < -0.3 is 9.64 Å². The average molecular weight is 536 g/mol. The van der Waals surface area contributed by atoms with Crippen molar-refractivity contribution in [1.29, 1.82) is 0 Å². The smallest absolute Gasteiger partial charge is 0.171 e. The standard InChI is InChI=1S/C36H59N2O/c1-26(2)9-8-10-27(3)32-13-14-33-31-12-11-28-25-30(15-19-35(28,4)34(31)16-20-36(32,33)5)39-24-23-38-21-17-29(18-22-38)37(6)7/h11,17-18,21-22,26-27,30-34H,8-10,12-16,19-20,23-25H2,1-7H3/q+1/t27-,30+,31+,32-,33+,34+,35+,36-/m1/s1. The van der Waals surface area contributed by atoms with Crippen molar-refractivity contribution >= 4 is 5.69 Å². The van der Waals surface area contributed by atoms with Crippen molar-refractivity contribution in [2.45, 2.75) is 118 Å². The van der Waals surface area contributed by atoms with Crippen LogP contribution in [0.4, 0.5) is 5.69 Å². The van der Waals surface area contributed by atoms with E-state index in [1.165, 1.54) is 76.3 Å². The van der Waals surface area contributed by atoms with E-state index in [9.17, 15) is 0 Å². The molecule has 0 bridgehead atoms. The molecule has 0 aromatic carbocycles. The van der Waals surface area contributed by atoms with Gasteiger partial charge >= 0.3 is 0 Å². The van der Waals surface area contributed by atoms with E-state index in [-0.39, 0.29) is 0 Å². The van der Waals surface area contributed by atoms with Crippen LogP contribution in [0.5, 0.6) is 0 Å². The number of anilines is 1. The largest absolute Gasteiger partial charge is 0.377 e. The molecule has 5 rings (SSSR count). The first-order valence-corrected chi connectivity index (χ1v) is 16.6. The summed E-state index contributed by atoms with van der Waals surface area (Å²) in [5, 5.41) is 0. The Hall–Kier alpha value is -1.35. The minimum absolute atomic E-state index is 0.402. The number of hydrogen-bond acceptors (Lipinski definition) is 2. The van der Waals surface area contributed by atoms with E-state index in [0.29, 0.717) is 16.9 Å². The Balaban J connectivity index is 1.17. The first-order chi connectivity index (χ1) is 18.6. The fraction of sp³-hybridized carbons (Fsp3) is 0.806. The number of rotatable bonds is 10. The fourth-order valence-corrected chi connectivity index (χ4v) is 10.0. The zero-order valence-electron chi connectivity index (χ0n) is 26.4. The number of ether oxygens (including phenoxy) is 1. The van der Waals surface area contributed by atoms with Crippen LogP contribution in [0.25, 0.3) is 0 Å². The molecule has 0 N–H and O–H groups in total. The highest BCUT2D eigenvalue weighted by atomic mass is 16.5. The van der Waals surface area contributed by atoms with Crippen LogP contribution in [0.15, 0.2) is 36.2 Å². The summed E-state index contributed by atoms with van der Waals surface area (Å²) in [6.45, 7) is 14.5. The molecule has 1 aromatic heterocycles. The quantitative estimate of drug-likeness (QED) is 0.221. The molecular weight excluding hydrogens is 476 g/mol. The number of hydrogen-bond donors (Lipinski definition) is 0. The van der Waals surface area contributed by atoms with Crippen LogP contribution < -0.4 is 9.47 Å². The Bertz CT molecular complexity index is 982. The molecule has 4 aliphatic carbocycles. The van der Waals surface area contributed by atoms with Crippen LogP contribution in [0.3, 0.4) is 0 Å². The lowest BCUT2D eigenvalue weighted by Crippen LogP contribution is -2.51. The molecule has 0 spiro atoms. The van der Waals surface area contributed by atoms with Crippen molar-refractivity contribution in [3.63, 3.8) is 0 Å². The monoisotopic (exact) mass is 535 g/mol. The summed E-state index contributed by atoms with van der Waals surface area (Å²) in [5.74, 6) is 5.48. The Morgan fingerprint density at radius 1 is 0.974 bits per heavy atom. The van der Waals surface area contributed by atoms with Crippen molar-refractivity contribution in [3.05, 3.63) is 36.2 Å². The molecule has 1 heterocycles. The lowest BCUT2D eigenvalue weighted by molar-refractivity contribution is -0.698. The van der Waals surface area contributed by atoms with Crippen LogP contribution in [0, 0.1) is 46.3 Å². The zero-order chi connectivity index (χ0) is 27.8. The summed E-state index contributed by atoms with van der Waals surface area (Å²) in [7, 11) is 4.18. The molecule has 4 aliphatic rings. The van der Waals surface area contributed by atoms with Gasteiger partial charge in [0.05, 0.1) is 6.10 Å². The van der Waals surface area contributed by atoms with E-state index in [2.05, 4.69) is 88.8 Å². The van der Waals surface area contributed by atoms with Crippen LogP contribution in [-0.4, -0.2) is 26.8 Å². The zero-order valence-corrected chi connectivity index (χ0v) is 26.4. The fourth-order valence-electron chi connectivity index (χ4n) is 10.0. The molecule has 1 aromatic rings. The molecule has 3 saturated carbocycles. The van der Waals surface area contributed by atoms with Crippen molar-refractivity contribution in [2.75, 3.05) is 25.6 Å². The lowest BCUT2D eigenvalue weighted by atomic mass is 9.47. The van der Waals surface area contributed by atoms with Crippen molar-refractivity contribution in [2.24, 2.45) is 46.3 Å². The van der Waals surface area contributed by atoms with Crippen LogP contribution in [0.1, 0.15) is 105 Å². The molecule has 3 nitrogen and oxygen atoms in total. The second-order valence-corrected chi connectivity index (χ2v) is 15.2. The summed E-state index contributed by atoms with van der Waals surface area (Å²) >= 11 is 0. The summed E-state index contributed by atoms with van der Waals surface area (Å²) in [5.41, 5.74) is 4.00. The topological polar surface area (TPSA) is 16.4 Å². The SMILES string of the molecule is CC(C)CCC[C@@H](C)[C@H]1CC[C@H]2[C@@H]3CC=C4C[C@@H](OCC[n+]5ccc(N(C)C)cc5)CC[C@]4(C)[C@H]3CC[C@]12C. The molecule has 8 atom stereocenters. The summed E-state index contributed by atoms with van der Waals surface area (Å²) in [6, 6.07) is 4.37.